The lowest BCUT2D eigenvalue weighted by atomic mass is 10.3. The van der Waals surface area contributed by atoms with Gasteiger partial charge in [-0.25, -0.2) is 4.39 Å². The number of nitrogens with two attached hydrogens (primary N) is 1. The van der Waals surface area contributed by atoms with Crippen molar-refractivity contribution in [2.75, 3.05) is 11.5 Å². The smallest absolute Gasteiger partial charge is 0.138 e. The zero-order chi connectivity index (χ0) is 8.27. The van der Waals surface area contributed by atoms with E-state index >= 15 is 0 Å². The Morgan fingerprint density at radius 1 is 1.55 bits per heavy atom. The van der Waals surface area contributed by atoms with Crippen LogP contribution in [-0.4, -0.2) is 5.75 Å². The highest BCUT2D eigenvalue weighted by Crippen LogP contribution is 2.22. The maximum absolute atomic E-state index is 12.9. The summed E-state index contributed by atoms with van der Waals surface area (Å²) in [6, 6.07) is 4.76. The van der Waals surface area contributed by atoms with Crippen LogP contribution in [0.5, 0.6) is 0 Å². The fourth-order valence-electron chi connectivity index (χ4n) is 0.790. The van der Waals surface area contributed by atoms with Crippen molar-refractivity contribution >= 4 is 17.4 Å². The number of hydrogen-bond acceptors (Lipinski definition) is 2. The van der Waals surface area contributed by atoms with Gasteiger partial charge in [0.05, 0.1) is 0 Å². The van der Waals surface area contributed by atoms with Crippen LogP contribution in [0, 0.1) is 5.82 Å². The SMILES string of the molecule is CCSc1ccc(N)cc1F. The van der Waals surface area contributed by atoms with E-state index in [9.17, 15) is 4.39 Å². The maximum Gasteiger partial charge on any atom is 0.138 e. The van der Waals surface area contributed by atoms with Gasteiger partial charge >= 0.3 is 0 Å². The molecule has 0 aliphatic rings. The van der Waals surface area contributed by atoms with Crippen molar-refractivity contribution in [3.63, 3.8) is 0 Å². The summed E-state index contributed by atoms with van der Waals surface area (Å²) in [6.07, 6.45) is 0. The fraction of sp³-hybridized carbons (Fsp3) is 0.250. The van der Waals surface area contributed by atoms with Gasteiger partial charge in [0.15, 0.2) is 0 Å². The summed E-state index contributed by atoms with van der Waals surface area (Å²) in [4.78, 5) is 0.668. The first-order chi connectivity index (χ1) is 5.24. The Kier molecular flexibility index (Phi) is 2.76. The van der Waals surface area contributed by atoms with Crippen molar-refractivity contribution in [3.05, 3.63) is 24.0 Å². The van der Waals surface area contributed by atoms with E-state index < -0.39 is 0 Å². The predicted octanol–water partition coefficient (Wildman–Crippen LogP) is 2.52. The van der Waals surface area contributed by atoms with Crippen LogP contribution < -0.4 is 5.73 Å². The van der Waals surface area contributed by atoms with Crippen molar-refractivity contribution in [2.24, 2.45) is 0 Å². The van der Waals surface area contributed by atoms with Crippen molar-refractivity contribution in [1.82, 2.24) is 0 Å². The van der Waals surface area contributed by atoms with Crippen LogP contribution in [0.4, 0.5) is 10.1 Å². The van der Waals surface area contributed by atoms with E-state index in [0.717, 1.165) is 5.75 Å². The molecule has 60 valence electrons. The van der Waals surface area contributed by atoms with Crippen LogP contribution in [0.15, 0.2) is 23.1 Å². The molecule has 0 atom stereocenters. The topological polar surface area (TPSA) is 26.0 Å². The summed E-state index contributed by atoms with van der Waals surface area (Å²) in [6.45, 7) is 1.99. The first-order valence-electron chi connectivity index (χ1n) is 3.42. The molecule has 0 heterocycles. The number of rotatable bonds is 2. The Hall–Kier alpha value is -0.700. The molecule has 0 bridgehead atoms. The fourth-order valence-corrected chi connectivity index (χ4v) is 1.46. The molecule has 0 spiro atoms. The van der Waals surface area contributed by atoms with Gasteiger partial charge in [-0.2, -0.15) is 0 Å². The molecule has 1 aromatic rings. The van der Waals surface area contributed by atoms with E-state index in [2.05, 4.69) is 0 Å². The molecule has 0 unspecified atom stereocenters. The van der Waals surface area contributed by atoms with Gasteiger partial charge in [0.25, 0.3) is 0 Å². The molecule has 11 heavy (non-hydrogen) atoms. The molecular formula is C8H10FNS. The highest BCUT2D eigenvalue weighted by molar-refractivity contribution is 7.99. The van der Waals surface area contributed by atoms with Crippen molar-refractivity contribution in [2.45, 2.75) is 11.8 Å². The number of nitrogen functional groups attached to an aromatic ring is 1. The Balaban J connectivity index is 2.90. The molecule has 0 aromatic heterocycles. The minimum absolute atomic E-state index is 0.225. The van der Waals surface area contributed by atoms with Gasteiger partial charge in [-0.1, -0.05) is 6.92 Å². The second-order valence-corrected chi connectivity index (χ2v) is 3.43. The average molecular weight is 171 g/mol. The van der Waals surface area contributed by atoms with Gasteiger partial charge in [0, 0.05) is 10.6 Å². The zero-order valence-corrected chi connectivity index (χ0v) is 7.12. The lowest BCUT2D eigenvalue weighted by Gasteiger charge is -2.00. The summed E-state index contributed by atoms with van der Waals surface area (Å²) in [5, 5.41) is 0. The standard InChI is InChI=1S/C8H10FNS/c1-2-11-8-4-3-6(10)5-7(8)9/h3-5H,2,10H2,1H3. The average Bonchev–Trinajstić information content (AvgIpc) is 1.95. The Bertz CT molecular complexity index is 250. The normalized spacial score (nSPS) is 10.0. The van der Waals surface area contributed by atoms with Gasteiger partial charge in [-0.15, -0.1) is 11.8 Å². The Morgan fingerprint density at radius 2 is 2.27 bits per heavy atom. The number of thioether (sulfide) groups is 1. The first kappa shape index (κ1) is 8.40. The highest BCUT2D eigenvalue weighted by Gasteiger charge is 2.00. The van der Waals surface area contributed by atoms with Crippen molar-refractivity contribution in [3.8, 4) is 0 Å². The molecular weight excluding hydrogens is 161 g/mol. The summed E-state index contributed by atoms with van der Waals surface area (Å²) in [5.74, 6) is 0.651. The van der Waals surface area contributed by atoms with E-state index in [-0.39, 0.29) is 5.82 Å². The van der Waals surface area contributed by atoms with Gasteiger partial charge in [0.1, 0.15) is 5.82 Å². The molecule has 2 N–H and O–H groups in total. The molecule has 0 fully saturated rings. The van der Waals surface area contributed by atoms with Gasteiger partial charge in [0.2, 0.25) is 0 Å². The summed E-state index contributed by atoms with van der Waals surface area (Å²) in [7, 11) is 0. The van der Waals surface area contributed by atoms with Crippen molar-refractivity contribution in [1.29, 1.82) is 0 Å². The molecule has 0 amide bonds. The predicted molar refractivity (Wildman–Crippen MR) is 47.2 cm³/mol. The molecule has 0 radical (unpaired) electrons. The minimum atomic E-state index is -0.225. The molecule has 3 heteroatoms. The third-order valence-electron chi connectivity index (χ3n) is 1.26. The van der Waals surface area contributed by atoms with Crippen LogP contribution in [-0.2, 0) is 0 Å². The molecule has 1 nitrogen and oxygen atoms in total. The van der Waals surface area contributed by atoms with Crippen LogP contribution in [0.25, 0.3) is 0 Å². The van der Waals surface area contributed by atoms with Crippen molar-refractivity contribution < 1.29 is 4.39 Å². The maximum atomic E-state index is 12.9. The van der Waals surface area contributed by atoms with Gasteiger partial charge in [-0.05, 0) is 24.0 Å². The first-order valence-corrected chi connectivity index (χ1v) is 4.40. The molecule has 1 rings (SSSR count). The van der Waals surface area contributed by atoms with Crippen LogP contribution in [0.2, 0.25) is 0 Å². The molecule has 0 aliphatic carbocycles. The summed E-state index contributed by atoms with van der Waals surface area (Å²) < 4.78 is 12.9. The second-order valence-electron chi connectivity index (χ2n) is 2.12. The zero-order valence-electron chi connectivity index (χ0n) is 6.30. The third-order valence-corrected chi connectivity index (χ3v) is 2.19. The number of benzene rings is 1. The van der Waals surface area contributed by atoms with Crippen LogP contribution in [0.1, 0.15) is 6.92 Å². The van der Waals surface area contributed by atoms with E-state index in [1.54, 1.807) is 12.1 Å². The van der Waals surface area contributed by atoms with Crippen LogP contribution >= 0.6 is 11.8 Å². The van der Waals surface area contributed by atoms with Gasteiger partial charge < -0.3 is 5.73 Å². The number of anilines is 1. The minimum Gasteiger partial charge on any atom is -0.399 e. The van der Waals surface area contributed by atoms with Crippen LogP contribution in [0.3, 0.4) is 0 Å². The number of hydrogen-bond donors (Lipinski definition) is 1. The Labute approximate surface area is 69.8 Å². The second kappa shape index (κ2) is 3.62. The van der Waals surface area contributed by atoms with E-state index in [4.69, 9.17) is 5.73 Å². The summed E-state index contributed by atoms with van der Waals surface area (Å²) >= 11 is 1.48. The van der Waals surface area contributed by atoms with E-state index in [0.29, 0.717) is 10.6 Å². The number of halogens is 1. The lowest BCUT2D eigenvalue weighted by Crippen LogP contribution is -1.87. The van der Waals surface area contributed by atoms with E-state index in [1.165, 1.54) is 17.8 Å². The largest absolute Gasteiger partial charge is 0.399 e. The summed E-state index contributed by atoms with van der Waals surface area (Å²) in [5.41, 5.74) is 5.85. The lowest BCUT2D eigenvalue weighted by molar-refractivity contribution is 0.603. The highest BCUT2D eigenvalue weighted by atomic mass is 32.2. The van der Waals surface area contributed by atoms with E-state index in [1.807, 2.05) is 6.92 Å². The quantitative estimate of drug-likeness (QED) is 0.546. The molecule has 1 aromatic carbocycles. The third kappa shape index (κ3) is 2.12. The Morgan fingerprint density at radius 3 is 2.82 bits per heavy atom. The van der Waals surface area contributed by atoms with Gasteiger partial charge in [-0.3, -0.25) is 0 Å². The monoisotopic (exact) mass is 171 g/mol. The molecule has 0 aliphatic heterocycles. The molecule has 0 saturated carbocycles. The molecule has 0 saturated heterocycles.